The van der Waals surface area contributed by atoms with Gasteiger partial charge in [-0.3, -0.25) is 0 Å². The third-order valence-corrected chi connectivity index (χ3v) is 3.75. The van der Waals surface area contributed by atoms with Crippen molar-refractivity contribution in [3.05, 3.63) is 53.0 Å². The number of halogens is 2. The fourth-order valence-electron chi connectivity index (χ4n) is 2.75. The predicted octanol–water partition coefficient (Wildman–Crippen LogP) is 3.29. The summed E-state index contributed by atoms with van der Waals surface area (Å²) in [4.78, 5) is 8.61. The Bertz CT molecular complexity index is 623. The first-order valence-electron chi connectivity index (χ1n) is 7.24. The van der Waals surface area contributed by atoms with Gasteiger partial charge >= 0.3 is 0 Å². The van der Waals surface area contributed by atoms with E-state index in [1.807, 2.05) is 0 Å². The molecule has 1 aromatic carbocycles. The minimum absolute atomic E-state index is 0.538. The number of hydrogen-bond acceptors (Lipinski definition) is 3. The lowest BCUT2D eigenvalue weighted by atomic mass is 9.96. The smallest absolute Gasteiger partial charge is 0.132 e. The van der Waals surface area contributed by atoms with Crippen molar-refractivity contribution in [2.75, 3.05) is 11.9 Å². The van der Waals surface area contributed by atoms with E-state index < -0.39 is 11.6 Å². The molecule has 0 bridgehead atoms. The van der Waals surface area contributed by atoms with Crippen LogP contribution in [-0.2, 0) is 19.3 Å². The zero-order chi connectivity index (χ0) is 14.7. The number of anilines is 1. The van der Waals surface area contributed by atoms with Gasteiger partial charge in [0.2, 0.25) is 0 Å². The van der Waals surface area contributed by atoms with E-state index in [0.29, 0.717) is 18.5 Å². The molecule has 0 spiro atoms. The molecular formula is C16H17F2N3. The molecule has 1 aliphatic rings. The molecule has 0 saturated carbocycles. The van der Waals surface area contributed by atoms with Crippen LogP contribution in [0.2, 0.25) is 0 Å². The molecule has 0 unspecified atom stereocenters. The highest BCUT2D eigenvalue weighted by Crippen LogP contribution is 2.24. The molecular weight excluding hydrogens is 272 g/mol. The number of aromatic nitrogens is 2. The van der Waals surface area contributed by atoms with Crippen molar-refractivity contribution in [2.45, 2.75) is 32.1 Å². The Morgan fingerprint density at radius 3 is 2.57 bits per heavy atom. The SMILES string of the molecule is Fc1cc(F)cc(CCNc2ncnc3c2CCCC3)c1. The molecule has 0 aliphatic heterocycles. The second kappa shape index (κ2) is 6.16. The predicted molar refractivity (Wildman–Crippen MR) is 77.2 cm³/mol. The molecule has 0 atom stereocenters. The van der Waals surface area contributed by atoms with Crippen LogP contribution < -0.4 is 5.32 Å². The van der Waals surface area contributed by atoms with Gasteiger partial charge in [0.15, 0.2) is 0 Å². The monoisotopic (exact) mass is 289 g/mol. The summed E-state index contributed by atoms with van der Waals surface area (Å²) < 4.78 is 26.2. The van der Waals surface area contributed by atoms with E-state index >= 15 is 0 Å². The van der Waals surface area contributed by atoms with Gasteiger partial charge in [-0.25, -0.2) is 18.7 Å². The maximum absolute atomic E-state index is 13.1. The molecule has 2 aromatic rings. The number of fused-ring (bicyclic) bond motifs is 1. The Kier molecular flexibility index (Phi) is 4.08. The van der Waals surface area contributed by atoms with Gasteiger partial charge in [0.1, 0.15) is 23.8 Å². The summed E-state index contributed by atoms with van der Waals surface area (Å²) in [6.07, 6.45) is 6.45. The van der Waals surface area contributed by atoms with E-state index in [9.17, 15) is 8.78 Å². The van der Waals surface area contributed by atoms with Crippen molar-refractivity contribution >= 4 is 5.82 Å². The highest BCUT2D eigenvalue weighted by molar-refractivity contribution is 5.47. The molecule has 0 radical (unpaired) electrons. The van der Waals surface area contributed by atoms with Crippen LogP contribution in [0, 0.1) is 11.6 Å². The number of nitrogens with zero attached hydrogens (tertiary/aromatic N) is 2. The summed E-state index contributed by atoms with van der Waals surface area (Å²) in [6.45, 7) is 0.590. The first-order chi connectivity index (χ1) is 10.2. The summed E-state index contributed by atoms with van der Waals surface area (Å²) in [5.41, 5.74) is 2.95. The lowest BCUT2D eigenvalue weighted by molar-refractivity contribution is 0.580. The van der Waals surface area contributed by atoms with Gasteiger partial charge in [-0.05, 0) is 49.8 Å². The van der Waals surface area contributed by atoms with Crippen LogP contribution in [0.5, 0.6) is 0 Å². The number of nitrogens with one attached hydrogen (secondary N) is 1. The maximum Gasteiger partial charge on any atom is 0.132 e. The lowest BCUT2D eigenvalue weighted by Gasteiger charge is -2.18. The molecule has 0 fully saturated rings. The summed E-state index contributed by atoms with van der Waals surface area (Å²) in [7, 11) is 0. The van der Waals surface area contributed by atoms with Gasteiger partial charge in [-0.2, -0.15) is 0 Å². The first kappa shape index (κ1) is 13.9. The van der Waals surface area contributed by atoms with Crippen LogP contribution in [0.25, 0.3) is 0 Å². The van der Waals surface area contributed by atoms with Crippen LogP contribution in [0.4, 0.5) is 14.6 Å². The largest absolute Gasteiger partial charge is 0.369 e. The fraction of sp³-hybridized carbons (Fsp3) is 0.375. The van der Waals surface area contributed by atoms with Gasteiger partial charge in [0.25, 0.3) is 0 Å². The highest BCUT2D eigenvalue weighted by atomic mass is 19.1. The van der Waals surface area contributed by atoms with Crippen molar-refractivity contribution in [3.63, 3.8) is 0 Å². The van der Waals surface area contributed by atoms with Crippen molar-refractivity contribution < 1.29 is 8.78 Å². The van der Waals surface area contributed by atoms with Crippen molar-refractivity contribution in [1.29, 1.82) is 0 Å². The average molecular weight is 289 g/mol. The number of rotatable bonds is 4. The van der Waals surface area contributed by atoms with Crippen molar-refractivity contribution in [3.8, 4) is 0 Å². The van der Waals surface area contributed by atoms with Gasteiger partial charge < -0.3 is 5.32 Å². The molecule has 21 heavy (non-hydrogen) atoms. The molecule has 0 saturated heterocycles. The van der Waals surface area contributed by atoms with Gasteiger partial charge in [0.05, 0.1) is 0 Å². The third-order valence-electron chi connectivity index (χ3n) is 3.75. The van der Waals surface area contributed by atoms with Crippen LogP contribution in [0.3, 0.4) is 0 Å². The Balaban J connectivity index is 1.65. The molecule has 1 heterocycles. The van der Waals surface area contributed by atoms with Crippen LogP contribution in [0.1, 0.15) is 29.7 Å². The highest BCUT2D eigenvalue weighted by Gasteiger charge is 2.14. The van der Waals surface area contributed by atoms with Gasteiger partial charge in [0, 0.05) is 23.9 Å². The summed E-state index contributed by atoms with van der Waals surface area (Å²) in [5.74, 6) is -0.217. The maximum atomic E-state index is 13.1. The molecule has 5 heteroatoms. The van der Waals surface area contributed by atoms with Crippen molar-refractivity contribution in [2.24, 2.45) is 0 Å². The molecule has 1 aliphatic carbocycles. The number of benzene rings is 1. The normalized spacial score (nSPS) is 13.8. The standard InChI is InChI=1S/C16H17F2N3/c17-12-7-11(8-13(18)9-12)5-6-19-16-14-3-1-2-4-15(14)20-10-21-16/h7-10H,1-6H2,(H,19,20,21). The van der Waals surface area contributed by atoms with E-state index in [-0.39, 0.29) is 0 Å². The quantitative estimate of drug-likeness (QED) is 0.938. The Morgan fingerprint density at radius 2 is 1.76 bits per heavy atom. The first-order valence-corrected chi connectivity index (χ1v) is 7.24. The summed E-state index contributed by atoms with van der Waals surface area (Å²) in [5, 5.41) is 3.26. The lowest BCUT2D eigenvalue weighted by Crippen LogP contribution is -2.14. The van der Waals surface area contributed by atoms with Crippen LogP contribution >= 0.6 is 0 Å². The number of hydrogen-bond donors (Lipinski definition) is 1. The molecule has 110 valence electrons. The Hall–Kier alpha value is -2.04. The van der Waals surface area contributed by atoms with Crippen LogP contribution in [0.15, 0.2) is 24.5 Å². The fourth-order valence-corrected chi connectivity index (χ4v) is 2.75. The van der Waals surface area contributed by atoms with Gasteiger partial charge in [-0.1, -0.05) is 0 Å². The second-order valence-electron chi connectivity index (χ2n) is 5.31. The summed E-state index contributed by atoms with van der Waals surface area (Å²) >= 11 is 0. The van der Waals surface area contributed by atoms with E-state index in [4.69, 9.17) is 0 Å². The van der Waals surface area contributed by atoms with Crippen LogP contribution in [-0.4, -0.2) is 16.5 Å². The second-order valence-corrected chi connectivity index (χ2v) is 5.31. The zero-order valence-corrected chi connectivity index (χ0v) is 11.7. The molecule has 0 amide bonds. The van der Waals surface area contributed by atoms with E-state index in [0.717, 1.165) is 36.8 Å². The minimum Gasteiger partial charge on any atom is -0.369 e. The van der Waals surface area contributed by atoms with Crippen molar-refractivity contribution in [1.82, 2.24) is 9.97 Å². The molecule has 3 nitrogen and oxygen atoms in total. The average Bonchev–Trinajstić information content (AvgIpc) is 2.46. The molecule has 1 N–H and O–H groups in total. The van der Waals surface area contributed by atoms with E-state index in [1.54, 1.807) is 6.33 Å². The minimum atomic E-state index is -0.538. The zero-order valence-electron chi connectivity index (χ0n) is 11.7. The molecule has 3 rings (SSSR count). The topological polar surface area (TPSA) is 37.8 Å². The summed E-state index contributed by atoms with van der Waals surface area (Å²) in [6, 6.07) is 3.61. The van der Waals surface area contributed by atoms with E-state index in [1.165, 1.54) is 24.1 Å². The Labute approximate surface area is 122 Å². The molecule has 1 aromatic heterocycles. The van der Waals surface area contributed by atoms with Gasteiger partial charge in [-0.15, -0.1) is 0 Å². The Morgan fingerprint density at radius 1 is 1.00 bits per heavy atom. The third kappa shape index (κ3) is 3.35. The van der Waals surface area contributed by atoms with E-state index in [2.05, 4.69) is 15.3 Å². The number of aryl methyl sites for hydroxylation is 1.